The molecule has 1 spiro atoms. The number of piperidine rings is 1. The molecule has 2 aliphatic rings. The maximum absolute atomic E-state index is 12.7. The van der Waals surface area contributed by atoms with Crippen molar-refractivity contribution in [1.29, 1.82) is 0 Å². The van der Waals surface area contributed by atoms with Gasteiger partial charge in [-0.15, -0.1) is 12.4 Å². The van der Waals surface area contributed by atoms with Crippen molar-refractivity contribution in [3.8, 4) is 23.0 Å². The minimum absolute atomic E-state index is 0. The van der Waals surface area contributed by atoms with Gasteiger partial charge in [0.05, 0.1) is 27.8 Å². The summed E-state index contributed by atoms with van der Waals surface area (Å²) in [6, 6.07) is 1.72. The Morgan fingerprint density at radius 3 is 2.30 bits per heavy atom. The van der Waals surface area contributed by atoms with E-state index in [1.165, 1.54) is 14.2 Å². The molecule has 1 N–H and O–H groups in total. The molecular weight excluding hydrogens is 322 g/mol. The lowest BCUT2D eigenvalue weighted by Gasteiger charge is -2.41. The highest BCUT2D eigenvalue weighted by molar-refractivity contribution is 6.04. The molecule has 23 heavy (non-hydrogen) atoms. The Morgan fingerprint density at radius 1 is 1.09 bits per heavy atom. The third kappa shape index (κ3) is 2.93. The standard InChI is InChI=1S/C16H21NO5.ClH/c1-19-12-8-11-13(15(21-3)14(12)20-2)10(18)9-16(22-11)4-6-17-7-5-16;/h8,17H,4-7,9H2,1-3H3;1H. The highest BCUT2D eigenvalue weighted by Crippen LogP contribution is 2.50. The van der Waals surface area contributed by atoms with E-state index in [9.17, 15) is 4.79 Å². The largest absolute Gasteiger partial charge is 0.493 e. The van der Waals surface area contributed by atoms with E-state index in [-0.39, 0.29) is 18.2 Å². The Labute approximate surface area is 141 Å². The Morgan fingerprint density at radius 2 is 1.74 bits per heavy atom. The van der Waals surface area contributed by atoms with Crippen molar-refractivity contribution in [3.63, 3.8) is 0 Å². The number of ketones is 1. The predicted octanol–water partition coefficient (Wildman–Crippen LogP) is 2.22. The van der Waals surface area contributed by atoms with Crippen molar-refractivity contribution < 1.29 is 23.7 Å². The first-order chi connectivity index (χ1) is 10.6. The zero-order valence-corrected chi connectivity index (χ0v) is 14.4. The number of benzene rings is 1. The fourth-order valence-corrected chi connectivity index (χ4v) is 3.29. The second kappa shape index (κ2) is 6.84. The minimum Gasteiger partial charge on any atom is -0.493 e. The van der Waals surface area contributed by atoms with Gasteiger partial charge in [0.25, 0.3) is 0 Å². The SMILES string of the molecule is COc1cc2c(c(OC)c1OC)C(=O)CC1(CCNCC1)O2.Cl. The summed E-state index contributed by atoms with van der Waals surface area (Å²) in [5.41, 5.74) is 0.0317. The molecule has 1 fully saturated rings. The fraction of sp³-hybridized carbons (Fsp3) is 0.562. The average Bonchev–Trinajstić information content (AvgIpc) is 2.53. The van der Waals surface area contributed by atoms with E-state index in [0.717, 1.165) is 25.9 Å². The van der Waals surface area contributed by atoms with Gasteiger partial charge in [-0.2, -0.15) is 0 Å². The maximum Gasteiger partial charge on any atom is 0.204 e. The van der Waals surface area contributed by atoms with Crippen molar-refractivity contribution >= 4 is 18.2 Å². The first kappa shape index (κ1) is 17.7. The molecule has 0 atom stereocenters. The van der Waals surface area contributed by atoms with Crippen molar-refractivity contribution in [2.24, 2.45) is 0 Å². The van der Waals surface area contributed by atoms with E-state index in [0.29, 0.717) is 35.0 Å². The molecule has 0 saturated carbocycles. The topological polar surface area (TPSA) is 66.0 Å². The molecule has 0 unspecified atom stereocenters. The van der Waals surface area contributed by atoms with Crippen LogP contribution in [0.1, 0.15) is 29.6 Å². The Balaban J connectivity index is 0.00000192. The lowest BCUT2D eigenvalue weighted by Crippen LogP contribution is -2.49. The number of carbonyl (C=O) groups is 1. The van der Waals surface area contributed by atoms with Crippen LogP contribution in [0.25, 0.3) is 0 Å². The van der Waals surface area contributed by atoms with Crippen LogP contribution in [0.15, 0.2) is 6.07 Å². The number of carbonyl (C=O) groups excluding carboxylic acids is 1. The van der Waals surface area contributed by atoms with E-state index in [1.807, 2.05) is 0 Å². The van der Waals surface area contributed by atoms with E-state index in [2.05, 4.69) is 5.32 Å². The van der Waals surface area contributed by atoms with Crippen molar-refractivity contribution in [2.75, 3.05) is 34.4 Å². The molecule has 7 heteroatoms. The number of fused-ring (bicyclic) bond motifs is 1. The molecule has 2 aliphatic heterocycles. The number of hydrogen-bond acceptors (Lipinski definition) is 6. The second-order valence-electron chi connectivity index (χ2n) is 5.65. The Bertz CT molecular complexity index is 599. The van der Waals surface area contributed by atoms with Crippen LogP contribution in [0, 0.1) is 0 Å². The molecule has 0 aliphatic carbocycles. The Kier molecular flexibility index (Phi) is 5.26. The number of nitrogens with one attached hydrogen (secondary N) is 1. The van der Waals surface area contributed by atoms with Gasteiger partial charge in [0.1, 0.15) is 16.9 Å². The van der Waals surface area contributed by atoms with Gasteiger partial charge in [-0.25, -0.2) is 0 Å². The van der Waals surface area contributed by atoms with Crippen LogP contribution in [0.4, 0.5) is 0 Å². The average molecular weight is 344 g/mol. The van der Waals surface area contributed by atoms with Gasteiger partial charge in [0.2, 0.25) is 5.75 Å². The monoisotopic (exact) mass is 343 g/mol. The van der Waals surface area contributed by atoms with Crippen molar-refractivity contribution in [2.45, 2.75) is 24.9 Å². The van der Waals surface area contributed by atoms with Gasteiger partial charge in [-0.3, -0.25) is 4.79 Å². The zero-order valence-electron chi connectivity index (χ0n) is 13.6. The Hall–Kier alpha value is -1.66. The van der Waals surface area contributed by atoms with Gasteiger partial charge in [-0.1, -0.05) is 0 Å². The maximum atomic E-state index is 12.7. The van der Waals surface area contributed by atoms with E-state index < -0.39 is 5.60 Å². The van der Waals surface area contributed by atoms with Crippen LogP contribution in [-0.4, -0.2) is 45.8 Å². The summed E-state index contributed by atoms with van der Waals surface area (Å²) >= 11 is 0. The van der Waals surface area contributed by atoms with Crippen molar-refractivity contribution in [1.82, 2.24) is 5.32 Å². The van der Waals surface area contributed by atoms with Gasteiger partial charge >= 0.3 is 0 Å². The first-order valence-corrected chi connectivity index (χ1v) is 7.40. The zero-order chi connectivity index (χ0) is 15.7. The van der Waals surface area contributed by atoms with Crippen LogP contribution in [0.3, 0.4) is 0 Å². The number of Topliss-reactive ketones (excluding diaryl/α,β-unsaturated/α-hetero) is 1. The third-order valence-corrected chi connectivity index (χ3v) is 4.40. The lowest BCUT2D eigenvalue weighted by molar-refractivity contribution is 0.0180. The molecule has 0 aromatic heterocycles. The smallest absolute Gasteiger partial charge is 0.204 e. The summed E-state index contributed by atoms with van der Waals surface area (Å²) in [7, 11) is 4.59. The quantitative estimate of drug-likeness (QED) is 0.907. The third-order valence-electron chi connectivity index (χ3n) is 4.40. The molecule has 0 radical (unpaired) electrons. The number of methoxy groups -OCH3 is 3. The molecule has 2 heterocycles. The first-order valence-electron chi connectivity index (χ1n) is 7.40. The van der Waals surface area contributed by atoms with Crippen LogP contribution < -0.4 is 24.3 Å². The molecule has 6 nitrogen and oxygen atoms in total. The van der Waals surface area contributed by atoms with Gasteiger partial charge < -0.3 is 24.3 Å². The second-order valence-corrected chi connectivity index (χ2v) is 5.65. The summed E-state index contributed by atoms with van der Waals surface area (Å²) in [4.78, 5) is 12.7. The summed E-state index contributed by atoms with van der Waals surface area (Å²) in [5.74, 6) is 1.85. The summed E-state index contributed by atoms with van der Waals surface area (Å²) < 4.78 is 22.3. The minimum atomic E-state index is -0.417. The van der Waals surface area contributed by atoms with E-state index in [1.54, 1.807) is 13.2 Å². The van der Waals surface area contributed by atoms with Crippen LogP contribution in [-0.2, 0) is 0 Å². The molecule has 1 aromatic rings. The van der Waals surface area contributed by atoms with Crippen LogP contribution >= 0.6 is 12.4 Å². The molecule has 128 valence electrons. The van der Waals surface area contributed by atoms with Gasteiger partial charge in [0.15, 0.2) is 17.3 Å². The van der Waals surface area contributed by atoms with Crippen LogP contribution in [0.2, 0.25) is 0 Å². The molecule has 0 amide bonds. The highest BCUT2D eigenvalue weighted by atomic mass is 35.5. The number of ether oxygens (including phenoxy) is 4. The summed E-state index contributed by atoms with van der Waals surface area (Å²) in [5, 5.41) is 3.30. The molecular formula is C16H22ClNO5. The number of halogens is 1. The molecule has 1 saturated heterocycles. The highest BCUT2D eigenvalue weighted by Gasteiger charge is 2.43. The predicted molar refractivity (Wildman–Crippen MR) is 87.8 cm³/mol. The number of rotatable bonds is 3. The van der Waals surface area contributed by atoms with Crippen molar-refractivity contribution in [3.05, 3.63) is 11.6 Å². The fourth-order valence-electron chi connectivity index (χ4n) is 3.29. The normalized spacial score (nSPS) is 18.5. The lowest BCUT2D eigenvalue weighted by atomic mass is 9.82. The molecule has 3 rings (SSSR count). The number of hydrogen-bond donors (Lipinski definition) is 1. The van der Waals surface area contributed by atoms with Gasteiger partial charge in [-0.05, 0) is 13.1 Å². The molecule has 0 bridgehead atoms. The van der Waals surface area contributed by atoms with E-state index >= 15 is 0 Å². The van der Waals surface area contributed by atoms with Gasteiger partial charge in [0, 0.05) is 18.9 Å². The van der Waals surface area contributed by atoms with Crippen LogP contribution in [0.5, 0.6) is 23.0 Å². The summed E-state index contributed by atoms with van der Waals surface area (Å²) in [6.45, 7) is 1.71. The summed E-state index contributed by atoms with van der Waals surface area (Å²) in [6.07, 6.45) is 2.00. The molecule has 1 aromatic carbocycles. The van der Waals surface area contributed by atoms with E-state index in [4.69, 9.17) is 18.9 Å².